The van der Waals surface area contributed by atoms with Crippen molar-refractivity contribution in [3.63, 3.8) is 0 Å². The number of rotatable bonds is 5. The molecular weight excluding hydrogens is 428 g/mol. The van der Waals surface area contributed by atoms with Gasteiger partial charge in [0.05, 0.1) is 17.7 Å². The number of hydrazine groups is 1. The lowest BCUT2D eigenvalue weighted by Gasteiger charge is -2.10. The molecule has 136 valence electrons. The van der Waals surface area contributed by atoms with Gasteiger partial charge in [0.2, 0.25) is 0 Å². The van der Waals surface area contributed by atoms with Crippen molar-refractivity contribution < 1.29 is 23.9 Å². The van der Waals surface area contributed by atoms with Gasteiger partial charge in [0.25, 0.3) is 11.8 Å². The van der Waals surface area contributed by atoms with Crippen LogP contribution >= 0.6 is 27.5 Å². The number of carbonyl (C=O) groups is 3. The Hall–Kier alpha value is -2.58. The van der Waals surface area contributed by atoms with Crippen molar-refractivity contribution in [1.29, 1.82) is 0 Å². The second-order valence-corrected chi connectivity index (χ2v) is 6.26. The Morgan fingerprint density at radius 2 is 1.69 bits per heavy atom. The smallest absolute Gasteiger partial charge is 0.337 e. The summed E-state index contributed by atoms with van der Waals surface area (Å²) in [4.78, 5) is 35.0. The number of benzene rings is 2. The van der Waals surface area contributed by atoms with E-state index >= 15 is 0 Å². The third-order valence-electron chi connectivity index (χ3n) is 3.14. The molecule has 0 fully saturated rings. The van der Waals surface area contributed by atoms with E-state index in [0.29, 0.717) is 16.3 Å². The van der Waals surface area contributed by atoms with Crippen LogP contribution in [-0.2, 0) is 9.53 Å². The van der Waals surface area contributed by atoms with Crippen LogP contribution in [0.3, 0.4) is 0 Å². The predicted molar refractivity (Wildman–Crippen MR) is 98.0 cm³/mol. The zero-order valence-corrected chi connectivity index (χ0v) is 15.9. The molecule has 0 aliphatic carbocycles. The first kappa shape index (κ1) is 19.7. The standard InChI is InChI=1S/C17H14BrClN2O5/c1-25-17(24)11-4-2-10(3-5-11)16(23)21-20-15(22)9-26-14-7-6-12(18)8-13(14)19/h2-8H,9H2,1H3,(H,20,22)(H,21,23). The van der Waals surface area contributed by atoms with Gasteiger partial charge in [0.15, 0.2) is 6.61 Å². The van der Waals surface area contributed by atoms with Crippen LogP contribution < -0.4 is 15.6 Å². The molecule has 0 aromatic heterocycles. The fraction of sp³-hybridized carbons (Fsp3) is 0.118. The molecule has 0 atom stereocenters. The van der Waals surface area contributed by atoms with Crippen molar-refractivity contribution in [2.24, 2.45) is 0 Å². The Balaban J connectivity index is 1.82. The summed E-state index contributed by atoms with van der Waals surface area (Å²) in [5.74, 6) is -1.27. The molecule has 0 bridgehead atoms. The van der Waals surface area contributed by atoms with E-state index in [2.05, 4.69) is 31.5 Å². The highest BCUT2D eigenvalue weighted by Crippen LogP contribution is 2.27. The van der Waals surface area contributed by atoms with Crippen LogP contribution in [0.1, 0.15) is 20.7 Å². The maximum atomic E-state index is 12.0. The van der Waals surface area contributed by atoms with Crippen molar-refractivity contribution in [1.82, 2.24) is 10.9 Å². The predicted octanol–water partition coefficient (Wildman–Crippen LogP) is 2.73. The Morgan fingerprint density at radius 1 is 1.04 bits per heavy atom. The minimum atomic E-state index is -0.566. The zero-order valence-electron chi connectivity index (χ0n) is 13.5. The van der Waals surface area contributed by atoms with Crippen molar-refractivity contribution in [3.05, 3.63) is 63.1 Å². The summed E-state index contributed by atoms with van der Waals surface area (Å²) in [5, 5.41) is 0.349. The molecule has 0 aliphatic rings. The fourth-order valence-electron chi connectivity index (χ4n) is 1.85. The molecule has 0 radical (unpaired) electrons. The van der Waals surface area contributed by atoms with Gasteiger partial charge in [0.1, 0.15) is 5.75 Å². The summed E-state index contributed by atoms with van der Waals surface area (Å²) >= 11 is 9.24. The maximum Gasteiger partial charge on any atom is 0.337 e. The highest BCUT2D eigenvalue weighted by Gasteiger charge is 2.11. The molecule has 26 heavy (non-hydrogen) atoms. The molecule has 2 N–H and O–H groups in total. The summed E-state index contributed by atoms with van der Waals surface area (Å²) in [6.45, 7) is -0.330. The second kappa shape index (κ2) is 9.21. The molecule has 2 aromatic rings. The molecule has 0 aliphatic heterocycles. The summed E-state index contributed by atoms with van der Waals surface area (Å²) < 4.78 is 10.6. The SMILES string of the molecule is COC(=O)c1ccc(C(=O)NNC(=O)COc2ccc(Br)cc2Cl)cc1. The first-order chi connectivity index (χ1) is 12.4. The Morgan fingerprint density at radius 3 is 2.31 bits per heavy atom. The minimum Gasteiger partial charge on any atom is -0.482 e. The van der Waals surface area contributed by atoms with E-state index in [-0.39, 0.29) is 12.2 Å². The lowest BCUT2D eigenvalue weighted by Crippen LogP contribution is -2.43. The van der Waals surface area contributed by atoms with Gasteiger partial charge in [-0.15, -0.1) is 0 Å². The number of hydrogen-bond donors (Lipinski definition) is 2. The lowest BCUT2D eigenvalue weighted by atomic mass is 10.1. The van der Waals surface area contributed by atoms with E-state index < -0.39 is 17.8 Å². The number of hydrogen-bond acceptors (Lipinski definition) is 5. The average molecular weight is 442 g/mol. The topological polar surface area (TPSA) is 93.7 Å². The van der Waals surface area contributed by atoms with Gasteiger partial charge in [-0.05, 0) is 42.5 Å². The summed E-state index contributed by atoms with van der Waals surface area (Å²) in [5.41, 5.74) is 5.04. The molecule has 0 heterocycles. The van der Waals surface area contributed by atoms with Crippen LogP contribution in [0.15, 0.2) is 46.9 Å². The van der Waals surface area contributed by atoms with Crippen LogP contribution in [0.2, 0.25) is 5.02 Å². The van der Waals surface area contributed by atoms with E-state index in [1.54, 1.807) is 18.2 Å². The van der Waals surface area contributed by atoms with Gasteiger partial charge in [0, 0.05) is 10.0 Å². The van der Waals surface area contributed by atoms with Gasteiger partial charge >= 0.3 is 5.97 Å². The normalized spacial score (nSPS) is 9.96. The fourth-order valence-corrected chi connectivity index (χ4v) is 2.57. The van der Waals surface area contributed by atoms with Crippen molar-refractivity contribution in [2.75, 3.05) is 13.7 Å². The highest BCUT2D eigenvalue weighted by atomic mass is 79.9. The summed E-state index contributed by atoms with van der Waals surface area (Å²) in [7, 11) is 1.27. The number of carbonyl (C=O) groups excluding carboxylic acids is 3. The number of methoxy groups -OCH3 is 1. The van der Waals surface area contributed by atoms with Crippen LogP contribution in [0.25, 0.3) is 0 Å². The summed E-state index contributed by atoms with van der Waals surface area (Å²) in [6, 6.07) is 10.7. The molecule has 2 aromatic carbocycles. The average Bonchev–Trinajstić information content (AvgIpc) is 2.64. The first-order valence-electron chi connectivity index (χ1n) is 7.26. The van der Waals surface area contributed by atoms with Crippen LogP contribution in [0.4, 0.5) is 0 Å². The maximum absolute atomic E-state index is 12.0. The molecule has 2 rings (SSSR count). The quantitative estimate of drug-likeness (QED) is 0.550. The highest BCUT2D eigenvalue weighted by molar-refractivity contribution is 9.10. The van der Waals surface area contributed by atoms with Gasteiger partial charge in [-0.3, -0.25) is 20.4 Å². The molecular formula is C17H14BrClN2O5. The lowest BCUT2D eigenvalue weighted by molar-refractivity contribution is -0.123. The van der Waals surface area contributed by atoms with Gasteiger partial charge < -0.3 is 9.47 Å². The van der Waals surface area contributed by atoms with Crippen molar-refractivity contribution >= 4 is 45.3 Å². The third-order valence-corrected chi connectivity index (χ3v) is 3.92. The van der Waals surface area contributed by atoms with Gasteiger partial charge in [-0.2, -0.15) is 0 Å². The molecule has 2 amide bonds. The molecule has 0 spiro atoms. The van der Waals surface area contributed by atoms with Crippen LogP contribution in [0.5, 0.6) is 5.75 Å². The summed E-state index contributed by atoms with van der Waals surface area (Å²) in [6.07, 6.45) is 0. The first-order valence-corrected chi connectivity index (χ1v) is 8.43. The number of ether oxygens (including phenoxy) is 2. The molecule has 0 saturated carbocycles. The minimum absolute atomic E-state index is 0.259. The third kappa shape index (κ3) is 5.47. The molecule has 0 saturated heterocycles. The molecule has 7 nitrogen and oxygen atoms in total. The van der Waals surface area contributed by atoms with Gasteiger partial charge in [-0.25, -0.2) is 4.79 Å². The van der Waals surface area contributed by atoms with Crippen LogP contribution in [0, 0.1) is 0 Å². The Labute approximate surface area is 162 Å². The number of amides is 2. The number of nitrogens with one attached hydrogen (secondary N) is 2. The van der Waals surface area contributed by atoms with E-state index in [0.717, 1.165) is 4.47 Å². The molecule has 9 heteroatoms. The number of halogens is 2. The van der Waals surface area contributed by atoms with Crippen LogP contribution in [-0.4, -0.2) is 31.5 Å². The Kier molecular flexibility index (Phi) is 6.99. The van der Waals surface area contributed by atoms with E-state index in [9.17, 15) is 14.4 Å². The van der Waals surface area contributed by atoms with E-state index in [4.69, 9.17) is 16.3 Å². The monoisotopic (exact) mass is 440 g/mol. The van der Waals surface area contributed by atoms with E-state index in [1.165, 1.54) is 31.4 Å². The largest absolute Gasteiger partial charge is 0.482 e. The van der Waals surface area contributed by atoms with Crippen molar-refractivity contribution in [3.8, 4) is 5.75 Å². The zero-order chi connectivity index (χ0) is 19.1. The molecule has 0 unspecified atom stereocenters. The second-order valence-electron chi connectivity index (χ2n) is 4.93. The Bertz CT molecular complexity index is 826. The van der Waals surface area contributed by atoms with E-state index in [1.807, 2.05) is 0 Å². The van der Waals surface area contributed by atoms with Gasteiger partial charge in [-0.1, -0.05) is 27.5 Å². The number of esters is 1. The van der Waals surface area contributed by atoms with Crippen molar-refractivity contribution in [2.45, 2.75) is 0 Å².